The van der Waals surface area contributed by atoms with Crippen LogP contribution in [0.4, 0.5) is 0 Å². The van der Waals surface area contributed by atoms with Crippen molar-refractivity contribution in [3.8, 4) is 0 Å². The van der Waals surface area contributed by atoms with E-state index in [4.69, 9.17) is 4.43 Å². The highest BCUT2D eigenvalue weighted by Crippen LogP contribution is 2.22. The average molecular weight is 251 g/mol. The number of hydrogen-bond acceptors (Lipinski definition) is 2. The summed E-state index contributed by atoms with van der Waals surface area (Å²) in [6.45, 7) is 14.9. The van der Waals surface area contributed by atoms with Gasteiger partial charge in [0.25, 0.3) is 0 Å². The van der Waals surface area contributed by atoms with Crippen molar-refractivity contribution < 1.29 is 4.43 Å². The molecule has 0 radical (unpaired) electrons. The average Bonchev–Trinajstić information content (AvgIpc) is 1.96. The first-order chi connectivity index (χ1) is 6.27. The second-order valence-corrected chi connectivity index (χ2v) is 19.0. The van der Waals surface area contributed by atoms with Crippen LogP contribution in [0, 0.1) is 0 Å². The van der Waals surface area contributed by atoms with Crippen molar-refractivity contribution in [3.63, 3.8) is 0 Å². The molecule has 0 fully saturated rings. The normalized spacial score (nSPS) is 13.3. The van der Waals surface area contributed by atoms with E-state index in [2.05, 4.69) is 50.9 Å². The molecule has 0 aliphatic rings. The molecule has 0 aliphatic heterocycles. The second-order valence-electron chi connectivity index (χ2n) is 5.26. The van der Waals surface area contributed by atoms with Gasteiger partial charge >= 0.3 is 0 Å². The molecule has 0 N–H and O–H groups in total. The summed E-state index contributed by atoms with van der Waals surface area (Å²) in [5.74, 6) is 1.33. The van der Waals surface area contributed by atoms with Crippen LogP contribution in [0.2, 0.25) is 38.8 Å². The highest BCUT2D eigenvalue weighted by atomic mass is 32.4. The molecule has 0 rings (SSSR count). The van der Waals surface area contributed by atoms with Crippen molar-refractivity contribution in [2.24, 2.45) is 0 Å². The maximum Gasteiger partial charge on any atom is 0.186 e. The Hall–Kier alpha value is 0.744. The summed E-state index contributed by atoms with van der Waals surface area (Å²) in [5, 5.41) is 0. The van der Waals surface area contributed by atoms with E-state index < -0.39 is 15.5 Å². The first-order valence-electron chi connectivity index (χ1n) is 5.55. The van der Waals surface area contributed by atoms with Gasteiger partial charge < -0.3 is 4.43 Å². The van der Waals surface area contributed by atoms with E-state index in [1.165, 1.54) is 18.2 Å². The Morgan fingerprint density at radius 3 is 2.07 bits per heavy atom. The molecule has 1 nitrogen and oxygen atoms in total. The molecule has 0 aromatic rings. The van der Waals surface area contributed by atoms with Gasteiger partial charge in [0, 0.05) is 6.61 Å². The van der Waals surface area contributed by atoms with Gasteiger partial charge in [-0.05, 0) is 38.2 Å². The third kappa shape index (κ3) is 9.30. The summed E-state index contributed by atoms with van der Waals surface area (Å²) in [7, 11) is -2.18. The lowest BCUT2D eigenvalue weighted by atomic mass is 10.6. The summed E-state index contributed by atoms with van der Waals surface area (Å²) in [4.78, 5) is 0. The topological polar surface area (TPSA) is 9.23 Å². The van der Waals surface area contributed by atoms with Crippen molar-refractivity contribution in [1.29, 1.82) is 0 Å². The summed E-state index contributed by atoms with van der Waals surface area (Å²) < 4.78 is 5.80. The van der Waals surface area contributed by atoms with Crippen LogP contribution in [0.25, 0.3) is 0 Å². The van der Waals surface area contributed by atoms with Crippen molar-refractivity contribution in [3.05, 3.63) is 0 Å². The Balaban J connectivity index is 3.54. The van der Waals surface area contributed by atoms with Crippen LogP contribution in [0.3, 0.4) is 0 Å². The lowest BCUT2D eigenvalue weighted by Crippen LogP contribution is -2.30. The zero-order valence-corrected chi connectivity index (χ0v) is 13.5. The van der Waals surface area contributed by atoms with E-state index in [-0.39, 0.29) is 0 Å². The number of rotatable bonds is 7. The molecule has 0 atom stereocenters. The van der Waals surface area contributed by atoms with Gasteiger partial charge in [0.1, 0.15) is 7.22 Å². The van der Waals surface area contributed by atoms with Crippen LogP contribution >= 0.6 is 11.2 Å². The lowest BCUT2D eigenvalue weighted by Gasteiger charge is -2.22. The lowest BCUT2D eigenvalue weighted by molar-refractivity contribution is 0.328. The molecular formula is C10H26OSSi2. The Morgan fingerprint density at radius 1 is 1.07 bits per heavy atom. The zero-order chi connectivity index (χ0) is 11.2. The molecule has 0 aromatic carbocycles. The fraction of sp³-hybridized carbons (Fsp3) is 1.00. The van der Waals surface area contributed by atoms with Gasteiger partial charge in [0.05, 0.1) is 0 Å². The second kappa shape index (κ2) is 6.35. The van der Waals surface area contributed by atoms with Crippen LogP contribution in [0.5, 0.6) is 0 Å². The molecule has 0 saturated carbocycles. The fourth-order valence-electron chi connectivity index (χ4n) is 1.34. The van der Waals surface area contributed by atoms with Crippen molar-refractivity contribution >= 4 is 26.8 Å². The quantitative estimate of drug-likeness (QED) is 0.495. The molecule has 14 heavy (non-hydrogen) atoms. The van der Waals surface area contributed by atoms with E-state index in [1.807, 2.05) is 0 Å². The minimum atomic E-state index is -1.30. The SMILES string of the molecule is CCO[Si](C)(C)CCCS[Si](C)(C)C. The van der Waals surface area contributed by atoms with Crippen molar-refractivity contribution in [2.75, 3.05) is 12.4 Å². The van der Waals surface area contributed by atoms with Crippen LogP contribution < -0.4 is 0 Å². The van der Waals surface area contributed by atoms with Crippen molar-refractivity contribution in [2.45, 2.75) is 52.1 Å². The highest BCUT2D eigenvalue weighted by Gasteiger charge is 2.21. The van der Waals surface area contributed by atoms with Crippen LogP contribution in [0.15, 0.2) is 0 Å². The van der Waals surface area contributed by atoms with Crippen LogP contribution in [-0.4, -0.2) is 27.9 Å². The summed E-state index contributed by atoms with van der Waals surface area (Å²) >= 11 is 2.20. The predicted octanol–water partition coefficient (Wildman–Crippen LogP) is 4.19. The zero-order valence-electron chi connectivity index (χ0n) is 10.6. The van der Waals surface area contributed by atoms with Gasteiger partial charge in [0.15, 0.2) is 8.32 Å². The predicted molar refractivity (Wildman–Crippen MR) is 74.3 cm³/mol. The fourth-order valence-corrected chi connectivity index (χ4v) is 6.72. The molecule has 0 amide bonds. The smallest absolute Gasteiger partial charge is 0.186 e. The van der Waals surface area contributed by atoms with Crippen LogP contribution in [-0.2, 0) is 4.43 Å². The molecule has 0 saturated heterocycles. The largest absolute Gasteiger partial charge is 0.418 e. The van der Waals surface area contributed by atoms with E-state index in [9.17, 15) is 0 Å². The molecule has 0 unspecified atom stereocenters. The Bertz CT molecular complexity index is 155. The highest BCUT2D eigenvalue weighted by molar-refractivity contribution is 8.28. The Morgan fingerprint density at radius 2 is 1.64 bits per heavy atom. The standard InChI is InChI=1S/C10H26OSSi2/c1-7-11-14(5,6)10-8-9-12-13(2,3)4/h7-10H2,1-6H3. The number of hydrogen-bond donors (Lipinski definition) is 0. The first kappa shape index (κ1) is 14.7. The van der Waals surface area contributed by atoms with Crippen molar-refractivity contribution in [1.82, 2.24) is 0 Å². The molecule has 0 bridgehead atoms. The maximum absolute atomic E-state index is 5.80. The molecular weight excluding hydrogens is 224 g/mol. The Labute approximate surface area is 95.8 Å². The molecule has 0 heterocycles. The van der Waals surface area contributed by atoms with E-state index in [0.717, 1.165) is 6.61 Å². The monoisotopic (exact) mass is 250 g/mol. The minimum absolute atomic E-state index is 0.881. The van der Waals surface area contributed by atoms with Gasteiger partial charge in [-0.3, -0.25) is 0 Å². The van der Waals surface area contributed by atoms with Gasteiger partial charge in [-0.15, -0.1) is 0 Å². The Kier molecular flexibility index (Phi) is 6.69. The van der Waals surface area contributed by atoms with E-state index in [1.54, 1.807) is 0 Å². The van der Waals surface area contributed by atoms with E-state index in [0.29, 0.717) is 0 Å². The molecule has 0 aromatic heterocycles. The van der Waals surface area contributed by atoms with Gasteiger partial charge in [-0.1, -0.05) is 19.6 Å². The summed E-state index contributed by atoms with van der Waals surface area (Å²) in [6.07, 6.45) is 1.34. The third-order valence-corrected chi connectivity index (χ3v) is 9.19. The van der Waals surface area contributed by atoms with E-state index >= 15 is 0 Å². The summed E-state index contributed by atoms with van der Waals surface area (Å²) in [6, 6.07) is 1.32. The van der Waals surface area contributed by atoms with Crippen LogP contribution in [0.1, 0.15) is 13.3 Å². The molecule has 0 spiro atoms. The molecule has 0 aliphatic carbocycles. The van der Waals surface area contributed by atoms with Gasteiger partial charge in [-0.2, -0.15) is 11.2 Å². The minimum Gasteiger partial charge on any atom is -0.418 e. The van der Waals surface area contributed by atoms with Gasteiger partial charge in [0.2, 0.25) is 0 Å². The summed E-state index contributed by atoms with van der Waals surface area (Å²) in [5.41, 5.74) is 0. The molecule has 4 heteroatoms. The maximum atomic E-state index is 5.80. The first-order valence-corrected chi connectivity index (χ1v) is 13.9. The molecule has 86 valence electrons. The van der Waals surface area contributed by atoms with Gasteiger partial charge in [-0.25, -0.2) is 0 Å². The third-order valence-electron chi connectivity index (χ3n) is 1.99.